The lowest BCUT2D eigenvalue weighted by Gasteiger charge is -2.27. The van der Waals surface area contributed by atoms with E-state index in [1.54, 1.807) is 23.9 Å². The minimum atomic E-state index is -0.255. The zero-order chi connectivity index (χ0) is 23.1. The molecule has 5 aromatic rings. The van der Waals surface area contributed by atoms with Crippen molar-refractivity contribution >= 4 is 44.9 Å². The van der Waals surface area contributed by atoms with Crippen molar-refractivity contribution in [3.8, 4) is 11.3 Å². The lowest BCUT2D eigenvalue weighted by atomic mass is 9.87. The summed E-state index contributed by atoms with van der Waals surface area (Å²) in [6.45, 7) is 0. The third-order valence-corrected chi connectivity index (χ3v) is 8.04. The van der Waals surface area contributed by atoms with Crippen LogP contribution in [-0.2, 0) is 4.79 Å². The van der Waals surface area contributed by atoms with Gasteiger partial charge in [-0.15, -0.1) is 11.3 Å². The van der Waals surface area contributed by atoms with E-state index in [4.69, 9.17) is 0 Å². The second-order valence-corrected chi connectivity index (χ2v) is 10.1. The molecule has 1 N–H and O–H groups in total. The van der Waals surface area contributed by atoms with Crippen molar-refractivity contribution in [2.45, 2.75) is 22.1 Å². The molecule has 1 aliphatic heterocycles. The highest BCUT2D eigenvalue weighted by Crippen LogP contribution is 2.47. The van der Waals surface area contributed by atoms with E-state index in [0.29, 0.717) is 16.9 Å². The molecule has 1 aromatic heterocycles. The van der Waals surface area contributed by atoms with E-state index in [1.165, 1.54) is 38.3 Å². The molecule has 34 heavy (non-hydrogen) atoms. The maximum Gasteiger partial charge on any atom is 0.227 e. The summed E-state index contributed by atoms with van der Waals surface area (Å²) in [5, 5.41) is 6.80. The molecule has 6 rings (SSSR count). The van der Waals surface area contributed by atoms with Gasteiger partial charge in [-0.2, -0.15) is 0 Å². The van der Waals surface area contributed by atoms with Gasteiger partial charge >= 0.3 is 0 Å². The highest BCUT2D eigenvalue weighted by Gasteiger charge is 2.28. The van der Waals surface area contributed by atoms with Gasteiger partial charge in [0.05, 0.1) is 5.69 Å². The molecule has 1 aliphatic rings. The van der Waals surface area contributed by atoms with Gasteiger partial charge in [-0.05, 0) is 40.8 Å². The van der Waals surface area contributed by atoms with Crippen LogP contribution in [0.5, 0.6) is 0 Å². The van der Waals surface area contributed by atoms with E-state index >= 15 is 0 Å². The van der Waals surface area contributed by atoms with Gasteiger partial charge in [0.2, 0.25) is 5.91 Å². The van der Waals surface area contributed by atoms with Gasteiger partial charge in [-0.3, -0.25) is 4.79 Å². The molecular formula is C28H19FN2OS2. The summed E-state index contributed by atoms with van der Waals surface area (Å²) < 4.78 is 14.2. The monoisotopic (exact) mass is 482 g/mol. The lowest BCUT2D eigenvalue weighted by Crippen LogP contribution is -2.18. The summed E-state index contributed by atoms with van der Waals surface area (Å²) in [4.78, 5) is 20.1. The molecule has 166 valence electrons. The largest absolute Gasteiger partial charge is 0.302 e. The molecule has 0 unspecified atom stereocenters. The van der Waals surface area contributed by atoms with Crippen molar-refractivity contribution in [1.82, 2.24) is 4.98 Å². The van der Waals surface area contributed by atoms with Crippen LogP contribution in [-0.4, -0.2) is 10.9 Å². The summed E-state index contributed by atoms with van der Waals surface area (Å²) >= 11 is 3.13. The highest BCUT2D eigenvalue weighted by atomic mass is 32.2. The number of aromatic nitrogens is 1. The molecule has 3 nitrogen and oxygen atoms in total. The summed E-state index contributed by atoms with van der Waals surface area (Å²) in [5.41, 5.74) is 3.93. The Labute approximate surface area is 204 Å². The molecule has 0 saturated heterocycles. The van der Waals surface area contributed by atoms with Crippen molar-refractivity contribution < 1.29 is 9.18 Å². The Kier molecular flexibility index (Phi) is 5.40. The van der Waals surface area contributed by atoms with E-state index in [9.17, 15) is 9.18 Å². The SMILES string of the molecule is O=C(CC1c2ccccc2Sc2ccccc21)Nc1nc(-c2ccc(F)c3ccccc23)cs1. The van der Waals surface area contributed by atoms with E-state index in [-0.39, 0.29) is 17.6 Å². The van der Waals surface area contributed by atoms with Crippen LogP contribution in [0.25, 0.3) is 22.0 Å². The molecule has 0 fully saturated rings. The highest BCUT2D eigenvalue weighted by molar-refractivity contribution is 7.99. The lowest BCUT2D eigenvalue weighted by molar-refractivity contribution is -0.116. The number of hydrogen-bond donors (Lipinski definition) is 1. The number of nitrogens with one attached hydrogen (secondary N) is 1. The Bertz CT molecular complexity index is 1500. The number of halogens is 1. The van der Waals surface area contributed by atoms with Crippen molar-refractivity contribution in [2.75, 3.05) is 5.32 Å². The number of nitrogens with zero attached hydrogens (tertiary/aromatic N) is 1. The van der Waals surface area contributed by atoms with Crippen LogP contribution in [0, 0.1) is 5.82 Å². The summed E-state index contributed by atoms with van der Waals surface area (Å²) in [6, 6.07) is 27.1. The van der Waals surface area contributed by atoms with Crippen LogP contribution >= 0.6 is 23.1 Å². The molecule has 0 bridgehead atoms. The first-order valence-electron chi connectivity index (χ1n) is 11.0. The van der Waals surface area contributed by atoms with E-state index in [0.717, 1.165) is 16.6 Å². The molecule has 0 spiro atoms. The predicted molar refractivity (Wildman–Crippen MR) is 137 cm³/mol. The number of carbonyl (C=O) groups excluding carboxylic acids is 1. The molecule has 6 heteroatoms. The van der Waals surface area contributed by atoms with Crippen LogP contribution in [0.1, 0.15) is 23.5 Å². The molecule has 0 radical (unpaired) electrons. The zero-order valence-electron chi connectivity index (χ0n) is 18.0. The van der Waals surface area contributed by atoms with Crippen LogP contribution < -0.4 is 5.32 Å². The Hall–Kier alpha value is -3.48. The van der Waals surface area contributed by atoms with Gasteiger partial charge < -0.3 is 5.32 Å². The van der Waals surface area contributed by atoms with Crippen LogP contribution in [0.3, 0.4) is 0 Å². The Morgan fingerprint density at radius 1 is 0.853 bits per heavy atom. The number of fused-ring (bicyclic) bond motifs is 3. The maximum atomic E-state index is 14.2. The first-order valence-corrected chi connectivity index (χ1v) is 12.7. The van der Waals surface area contributed by atoms with Gasteiger partial charge in [0.25, 0.3) is 0 Å². The molecule has 0 saturated carbocycles. The van der Waals surface area contributed by atoms with Gasteiger partial charge in [0.15, 0.2) is 5.13 Å². The quantitative estimate of drug-likeness (QED) is 0.285. The van der Waals surface area contributed by atoms with Crippen molar-refractivity contribution in [1.29, 1.82) is 0 Å². The number of rotatable bonds is 4. The topological polar surface area (TPSA) is 42.0 Å². The Morgan fingerprint density at radius 2 is 1.50 bits per heavy atom. The molecule has 1 amide bonds. The minimum absolute atomic E-state index is 0.00544. The van der Waals surface area contributed by atoms with Gasteiger partial charge in [0.1, 0.15) is 5.82 Å². The average molecular weight is 483 g/mol. The van der Waals surface area contributed by atoms with Crippen molar-refractivity contribution in [3.05, 3.63) is 107 Å². The fourth-order valence-corrected chi connectivity index (χ4v) is 6.44. The van der Waals surface area contributed by atoms with Gasteiger partial charge in [-0.25, -0.2) is 9.37 Å². The maximum absolute atomic E-state index is 14.2. The number of hydrogen-bond acceptors (Lipinski definition) is 4. The third kappa shape index (κ3) is 3.79. The van der Waals surface area contributed by atoms with Gasteiger partial charge in [-0.1, -0.05) is 72.4 Å². The fraction of sp³-hybridized carbons (Fsp3) is 0.0714. The first-order chi connectivity index (χ1) is 16.7. The molecular weight excluding hydrogens is 463 g/mol. The Balaban J connectivity index is 1.26. The van der Waals surface area contributed by atoms with Crippen LogP contribution in [0.15, 0.2) is 100 Å². The zero-order valence-corrected chi connectivity index (χ0v) is 19.6. The standard InChI is InChI=1S/C28H19FN2OS2/c29-23-14-13-19(17-7-1-2-8-18(17)23)24-16-33-28(30-24)31-27(32)15-22-20-9-3-5-11-25(20)34-26-12-6-4-10-21(22)26/h1-14,16,22H,15H2,(H,30,31,32). The summed E-state index contributed by atoms with van der Waals surface area (Å²) in [5.74, 6) is -0.338. The first kappa shape index (κ1) is 21.1. The fourth-order valence-electron chi connectivity index (χ4n) is 4.52. The molecule has 0 aliphatic carbocycles. The smallest absolute Gasteiger partial charge is 0.227 e. The third-order valence-electron chi connectivity index (χ3n) is 6.10. The second-order valence-electron chi connectivity index (χ2n) is 8.16. The number of amides is 1. The summed E-state index contributed by atoms with van der Waals surface area (Å²) in [6.07, 6.45) is 0.336. The number of benzene rings is 4. The molecule has 2 heterocycles. The van der Waals surface area contributed by atoms with Crippen molar-refractivity contribution in [2.24, 2.45) is 0 Å². The Morgan fingerprint density at radius 3 is 2.24 bits per heavy atom. The van der Waals surface area contributed by atoms with Gasteiger partial charge in [0, 0.05) is 38.5 Å². The van der Waals surface area contributed by atoms with Crippen molar-refractivity contribution in [3.63, 3.8) is 0 Å². The summed E-state index contributed by atoms with van der Waals surface area (Å²) in [7, 11) is 0. The minimum Gasteiger partial charge on any atom is -0.302 e. The predicted octanol–water partition coefficient (Wildman–Crippen LogP) is 7.73. The van der Waals surface area contributed by atoms with E-state index < -0.39 is 0 Å². The molecule has 0 atom stereocenters. The van der Waals surface area contributed by atoms with Crippen LogP contribution in [0.2, 0.25) is 0 Å². The normalized spacial score (nSPS) is 12.9. The van der Waals surface area contributed by atoms with E-state index in [2.05, 4.69) is 34.6 Å². The molecule has 4 aromatic carbocycles. The number of anilines is 1. The second kappa shape index (κ2) is 8.70. The number of thiazole rings is 1. The number of carbonyl (C=O) groups is 1. The average Bonchev–Trinajstić information content (AvgIpc) is 3.32. The van der Waals surface area contributed by atoms with E-state index in [1.807, 2.05) is 47.8 Å². The van der Waals surface area contributed by atoms with Crippen LogP contribution in [0.4, 0.5) is 9.52 Å².